The van der Waals surface area contributed by atoms with Gasteiger partial charge in [0.1, 0.15) is 5.82 Å². The van der Waals surface area contributed by atoms with Crippen LogP contribution >= 0.6 is 0 Å². The predicted molar refractivity (Wildman–Crippen MR) is 71.7 cm³/mol. The molecule has 1 atom stereocenters. The topological polar surface area (TPSA) is 63.4 Å². The molecule has 1 aromatic rings. The fourth-order valence-electron chi connectivity index (χ4n) is 2.36. The Bertz CT molecular complexity index is 588. The lowest BCUT2D eigenvalue weighted by Crippen LogP contribution is -2.34. The number of benzene rings is 1. The lowest BCUT2D eigenvalue weighted by atomic mass is 9.90. The first-order valence-electron chi connectivity index (χ1n) is 6.25. The predicted octanol–water partition coefficient (Wildman–Crippen LogP) is 1.49. The highest BCUT2D eigenvalue weighted by atomic mass is 32.2. The van der Waals surface area contributed by atoms with E-state index < -0.39 is 15.8 Å². The average molecular weight is 286 g/mol. The first-order valence-corrected chi connectivity index (χ1v) is 7.69. The summed E-state index contributed by atoms with van der Waals surface area (Å²) in [5, 5.41) is 0. The van der Waals surface area contributed by atoms with E-state index in [0.717, 1.165) is 6.42 Å². The Hall–Kier alpha value is -0.980. The van der Waals surface area contributed by atoms with Crippen molar-refractivity contribution in [2.45, 2.75) is 25.2 Å². The average Bonchev–Trinajstić information content (AvgIpc) is 2.77. The number of hydrogen-bond donors (Lipinski definition) is 1. The van der Waals surface area contributed by atoms with Crippen molar-refractivity contribution in [2.24, 2.45) is 11.1 Å². The maximum absolute atomic E-state index is 13.5. The van der Waals surface area contributed by atoms with Gasteiger partial charge in [0.25, 0.3) is 0 Å². The standard InChI is InChI=1S/C13H19FN2O2S/c1-10-11(14)4-3-5-12(10)19(17,18)16-7-6-13(2,8-15)9-16/h3-5H,6-9,15H2,1-2H3. The van der Waals surface area contributed by atoms with Crippen LogP contribution in [0.1, 0.15) is 18.9 Å². The van der Waals surface area contributed by atoms with Crippen LogP contribution in [0, 0.1) is 18.2 Å². The van der Waals surface area contributed by atoms with Crippen LogP contribution in [0.4, 0.5) is 4.39 Å². The smallest absolute Gasteiger partial charge is 0.243 e. The molecule has 0 saturated carbocycles. The van der Waals surface area contributed by atoms with Crippen molar-refractivity contribution in [3.63, 3.8) is 0 Å². The largest absolute Gasteiger partial charge is 0.330 e. The molecule has 0 aliphatic carbocycles. The molecular weight excluding hydrogens is 267 g/mol. The van der Waals surface area contributed by atoms with Crippen molar-refractivity contribution in [1.29, 1.82) is 0 Å². The molecule has 1 aromatic carbocycles. The second-order valence-corrected chi connectivity index (χ2v) is 7.37. The van der Waals surface area contributed by atoms with E-state index in [4.69, 9.17) is 5.73 Å². The highest BCUT2D eigenvalue weighted by molar-refractivity contribution is 7.89. The summed E-state index contributed by atoms with van der Waals surface area (Å²) in [6, 6.07) is 4.14. The summed E-state index contributed by atoms with van der Waals surface area (Å²) in [6.45, 7) is 4.73. The Morgan fingerprint density at radius 1 is 1.47 bits per heavy atom. The molecule has 106 valence electrons. The summed E-state index contributed by atoms with van der Waals surface area (Å²) in [6.07, 6.45) is 0.733. The summed E-state index contributed by atoms with van der Waals surface area (Å²) in [7, 11) is -3.64. The molecule has 1 unspecified atom stereocenters. The van der Waals surface area contributed by atoms with Gasteiger partial charge in [-0.15, -0.1) is 0 Å². The van der Waals surface area contributed by atoms with Gasteiger partial charge in [0.15, 0.2) is 0 Å². The number of sulfonamides is 1. The molecular formula is C13H19FN2O2S. The molecule has 1 heterocycles. The van der Waals surface area contributed by atoms with Gasteiger partial charge in [-0.25, -0.2) is 12.8 Å². The first-order chi connectivity index (χ1) is 8.80. The lowest BCUT2D eigenvalue weighted by Gasteiger charge is -2.23. The summed E-state index contributed by atoms with van der Waals surface area (Å²) in [4.78, 5) is 0.0498. The third kappa shape index (κ3) is 2.52. The van der Waals surface area contributed by atoms with Gasteiger partial charge in [0.2, 0.25) is 10.0 Å². The van der Waals surface area contributed by atoms with Crippen LogP contribution < -0.4 is 5.73 Å². The van der Waals surface area contributed by atoms with E-state index in [1.54, 1.807) is 0 Å². The second kappa shape index (κ2) is 4.85. The molecule has 0 radical (unpaired) electrons. The van der Waals surface area contributed by atoms with Gasteiger partial charge in [0, 0.05) is 18.7 Å². The summed E-state index contributed by atoms with van der Waals surface area (Å²) >= 11 is 0. The van der Waals surface area contributed by atoms with E-state index >= 15 is 0 Å². The Labute approximate surface area is 113 Å². The van der Waals surface area contributed by atoms with Gasteiger partial charge in [-0.2, -0.15) is 4.31 Å². The molecule has 1 aliphatic heterocycles. The van der Waals surface area contributed by atoms with E-state index in [2.05, 4.69) is 0 Å². The van der Waals surface area contributed by atoms with E-state index in [1.807, 2.05) is 6.92 Å². The van der Waals surface area contributed by atoms with Gasteiger partial charge >= 0.3 is 0 Å². The zero-order chi connectivity index (χ0) is 14.3. The summed E-state index contributed by atoms with van der Waals surface area (Å²) in [5.41, 5.74) is 5.67. The minimum absolute atomic E-state index is 0.0498. The molecule has 1 saturated heterocycles. The van der Waals surface area contributed by atoms with Crippen molar-refractivity contribution in [3.8, 4) is 0 Å². The maximum Gasteiger partial charge on any atom is 0.243 e. The van der Waals surface area contributed by atoms with Crippen molar-refractivity contribution in [1.82, 2.24) is 4.31 Å². The molecule has 2 N–H and O–H groups in total. The van der Waals surface area contributed by atoms with Crippen LogP contribution in [0.3, 0.4) is 0 Å². The third-order valence-electron chi connectivity index (χ3n) is 3.85. The zero-order valence-corrected chi connectivity index (χ0v) is 12.0. The van der Waals surface area contributed by atoms with Crippen LogP contribution in [-0.2, 0) is 10.0 Å². The van der Waals surface area contributed by atoms with Crippen molar-refractivity contribution in [2.75, 3.05) is 19.6 Å². The lowest BCUT2D eigenvalue weighted by molar-refractivity contribution is 0.349. The fraction of sp³-hybridized carbons (Fsp3) is 0.538. The van der Waals surface area contributed by atoms with Crippen LogP contribution in [0.5, 0.6) is 0 Å². The molecule has 4 nitrogen and oxygen atoms in total. The van der Waals surface area contributed by atoms with E-state index in [9.17, 15) is 12.8 Å². The van der Waals surface area contributed by atoms with E-state index in [1.165, 1.54) is 29.4 Å². The Balaban J connectivity index is 2.37. The minimum atomic E-state index is -3.64. The van der Waals surface area contributed by atoms with Crippen molar-refractivity contribution >= 4 is 10.0 Å². The monoisotopic (exact) mass is 286 g/mol. The minimum Gasteiger partial charge on any atom is -0.330 e. The van der Waals surface area contributed by atoms with Gasteiger partial charge < -0.3 is 5.73 Å². The first kappa shape index (κ1) is 14.4. The molecule has 0 aromatic heterocycles. The Morgan fingerprint density at radius 2 is 2.16 bits per heavy atom. The SMILES string of the molecule is Cc1c(F)cccc1S(=O)(=O)N1CCC(C)(CN)C1. The zero-order valence-electron chi connectivity index (χ0n) is 11.2. The molecule has 1 aliphatic rings. The van der Waals surface area contributed by atoms with Crippen LogP contribution in [0.15, 0.2) is 23.1 Å². The van der Waals surface area contributed by atoms with Crippen molar-refractivity contribution in [3.05, 3.63) is 29.6 Å². The quantitative estimate of drug-likeness (QED) is 0.915. The van der Waals surface area contributed by atoms with Gasteiger partial charge in [0.05, 0.1) is 4.90 Å². The number of rotatable bonds is 3. The molecule has 6 heteroatoms. The maximum atomic E-state index is 13.5. The van der Waals surface area contributed by atoms with Crippen molar-refractivity contribution < 1.29 is 12.8 Å². The van der Waals surface area contributed by atoms with Crippen LogP contribution in [0.2, 0.25) is 0 Å². The van der Waals surface area contributed by atoms with Crippen LogP contribution in [-0.4, -0.2) is 32.4 Å². The molecule has 0 bridgehead atoms. The summed E-state index contributed by atoms with van der Waals surface area (Å²) < 4.78 is 40.0. The van der Waals surface area contributed by atoms with Crippen LogP contribution in [0.25, 0.3) is 0 Å². The fourth-order valence-corrected chi connectivity index (χ4v) is 4.18. The number of halogens is 1. The van der Waals surface area contributed by atoms with Gasteiger partial charge in [-0.3, -0.25) is 0 Å². The van der Waals surface area contributed by atoms with Gasteiger partial charge in [-0.1, -0.05) is 13.0 Å². The Kier molecular flexibility index (Phi) is 3.68. The molecule has 0 spiro atoms. The third-order valence-corrected chi connectivity index (χ3v) is 5.84. The highest BCUT2D eigenvalue weighted by Gasteiger charge is 2.39. The molecule has 1 fully saturated rings. The Morgan fingerprint density at radius 3 is 2.74 bits per heavy atom. The molecule has 19 heavy (non-hydrogen) atoms. The van der Waals surface area contributed by atoms with E-state index in [-0.39, 0.29) is 15.9 Å². The molecule has 0 amide bonds. The number of nitrogens with zero attached hydrogens (tertiary/aromatic N) is 1. The number of nitrogens with two attached hydrogens (primary N) is 1. The normalized spacial score (nSPS) is 24.8. The van der Waals surface area contributed by atoms with Gasteiger partial charge in [-0.05, 0) is 37.4 Å². The van der Waals surface area contributed by atoms with E-state index in [0.29, 0.717) is 19.6 Å². The summed E-state index contributed by atoms with van der Waals surface area (Å²) in [5.74, 6) is -0.498. The highest BCUT2D eigenvalue weighted by Crippen LogP contribution is 2.33. The molecule has 2 rings (SSSR count). The second-order valence-electron chi connectivity index (χ2n) is 5.47. The number of hydrogen-bond acceptors (Lipinski definition) is 3.